The Morgan fingerprint density at radius 3 is 2.36 bits per heavy atom. The molecule has 1 aromatic carbocycles. The van der Waals surface area contributed by atoms with Gasteiger partial charge in [-0.05, 0) is 89.7 Å². The number of rotatable bonds is 5. The molecule has 2 fully saturated rings. The molecule has 3 nitrogen and oxygen atoms in total. The zero-order chi connectivity index (χ0) is 19.1. The summed E-state index contributed by atoms with van der Waals surface area (Å²) in [6.07, 6.45) is 18.3. The maximum absolute atomic E-state index is 6.03. The number of nitrogens with zero attached hydrogens (tertiary/aromatic N) is 2. The van der Waals surface area contributed by atoms with Gasteiger partial charge in [0, 0.05) is 47.2 Å². The molecule has 144 valence electrons. The standard InChI is InChI=1S/C18H19ClN3.C5H5.Fe/c1-22(2)12-14-5-3-4-13(14)11-21-17-8-9-20-18-10-15(19)6-7-16(17)18;1-2-4-5-3-1;/h3-10H,11-12H2,1-2H3,(H,20,21);1-5H;/q;;+2/i8+2;;. The molecule has 1 N–H and O–H groups in total. The summed E-state index contributed by atoms with van der Waals surface area (Å²) in [5.41, 5.74) is 1.99. The van der Waals surface area contributed by atoms with Gasteiger partial charge >= 0.3 is 17.1 Å². The van der Waals surface area contributed by atoms with Crippen LogP contribution >= 0.6 is 11.6 Å². The second-order valence-electron chi connectivity index (χ2n) is 6.65. The number of hydrogen-bond donors (Lipinski definition) is 1. The summed E-state index contributed by atoms with van der Waals surface area (Å²) in [6, 6.07) is 7.81. The minimum atomic E-state index is 0. The summed E-state index contributed by atoms with van der Waals surface area (Å²) >= 11 is 6.03. The molecule has 0 amide bonds. The molecule has 1 heterocycles. The van der Waals surface area contributed by atoms with E-state index in [0.29, 0.717) is 5.02 Å². The predicted octanol–water partition coefficient (Wildman–Crippen LogP) is 4.66. The molecule has 2 aliphatic rings. The van der Waals surface area contributed by atoms with Gasteiger partial charge in [0.1, 0.15) is 0 Å². The largest absolute Gasteiger partial charge is 2.00 e. The minimum Gasteiger partial charge on any atom is -0.384 e. The topological polar surface area (TPSA) is 28.2 Å². The van der Waals surface area contributed by atoms with Gasteiger partial charge in [0.05, 0.1) is 5.52 Å². The number of aromatic nitrogens is 1. The Hall–Kier alpha value is -0.801. The Bertz CT molecular complexity index is 710. The van der Waals surface area contributed by atoms with Gasteiger partial charge in [-0.25, -0.2) is 0 Å². The first-order chi connectivity index (χ1) is 13.1. The average Bonchev–Trinajstić information content (AvgIpc) is 3.34. The van der Waals surface area contributed by atoms with Crippen LogP contribution in [0.5, 0.6) is 0 Å². The number of anilines is 1. The monoisotopic (exact) mass is 435 g/mol. The van der Waals surface area contributed by atoms with E-state index in [9.17, 15) is 0 Å². The summed E-state index contributed by atoms with van der Waals surface area (Å²) < 4.78 is 0. The van der Waals surface area contributed by atoms with Gasteiger partial charge < -0.3 is 10.2 Å². The van der Waals surface area contributed by atoms with E-state index in [4.69, 9.17) is 11.6 Å². The van der Waals surface area contributed by atoms with Gasteiger partial charge in [-0.15, -0.1) is 0 Å². The van der Waals surface area contributed by atoms with E-state index in [2.05, 4.69) is 48.6 Å². The maximum Gasteiger partial charge on any atom is 2.00 e. The average molecular weight is 436 g/mol. The van der Waals surface area contributed by atoms with E-state index in [0.717, 1.165) is 29.7 Å². The van der Waals surface area contributed by atoms with Gasteiger partial charge in [-0.1, -0.05) is 11.6 Å². The smallest absolute Gasteiger partial charge is 0.384 e. The van der Waals surface area contributed by atoms with Gasteiger partial charge in [0.25, 0.3) is 0 Å². The molecule has 28 heavy (non-hydrogen) atoms. The number of hydrogen-bond acceptors (Lipinski definition) is 3. The molecule has 10 radical (unpaired) electrons. The summed E-state index contributed by atoms with van der Waals surface area (Å²) in [7, 11) is 4.18. The Kier molecular flexibility index (Phi) is 10.1. The molecular formula is C23H24ClFeN3+2. The van der Waals surface area contributed by atoms with Crippen molar-refractivity contribution in [2.75, 3.05) is 32.5 Å². The number of fused-ring (bicyclic) bond motifs is 1. The minimum absolute atomic E-state index is 0. The number of pyridine rings is 1. The van der Waals surface area contributed by atoms with Crippen LogP contribution < -0.4 is 5.32 Å². The van der Waals surface area contributed by atoms with Crippen LogP contribution in [0.2, 0.25) is 5.02 Å². The van der Waals surface area contributed by atoms with E-state index >= 15 is 0 Å². The third-order valence-electron chi connectivity index (χ3n) is 4.22. The Morgan fingerprint density at radius 2 is 1.68 bits per heavy atom. The third-order valence-corrected chi connectivity index (χ3v) is 4.46. The third kappa shape index (κ3) is 6.91. The summed E-state index contributed by atoms with van der Waals surface area (Å²) in [6.45, 7) is 1.76. The number of benzene rings is 1. The van der Waals surface area contributed by atoms with Crippen molar-refractivity contribution in [3.05, 3.63) is 98.7 Å². The van der Waals surface area contributed by atoms with Crippen molar-refractivity contribution >= 4 is 28.2 Å². The molecule has 2 aliphatic carbocycles. The molecule has 0 aliphatic heterocycles. The van der Waals surface area contributed by atoms with Crippen molar-refractivity contribution in [2.24, 2.45) is 0 Å². The van der Waals surface area contributed by atoms with Crippen LogP contribution in [-0.4, -0.2) is 37.1 Å². The molecule has 0 unspecified atom stereocenters. The molecule has 5 heteroatoms. The van der Waals surface area contributed by atoms with Crippen LogP contribution in [0, 0.1) is 63.2 Å². The Morgan fingerprint density at radius 1 is 1.00 bits per heavy atom. The van der Waals surface area contributed by atoms with E-state index in [1.807, 2.05) is 62.6 Å². The van der Waals surface area contributed by atoms with Crippen molar-refractivity contribution in [1.29, 1.82) is 0 Å². The molecule has 4 rings (SSSR count). The first-order valence-electron chi connectivity index (χ1n) is 8.96. The molecule has 2 aromatic rings. The zero-order valence-electron chi connectivity index (χ0n) is 16.0. The Balaban J connectivity index is 0.000000408. The molecule has 2 saturated carbocycles. The molecule has 0 spiro atoms. The molecular weight excluding hydrogens is 412 g/mol. The van der Waals surface area contributed by atoms with Crippen LogP contribution in [0.25, 0.3) is 10.9 Å². The zero-order valence-corrected chi connectivity index (χ0v) is 17.9. The first kappa shape index (κ1) is 23.5. The fraction of sp³-hybridized carbons (Fsp3) is 0.174. The van der Waals surface area contributed by atoms with Crippen molar-refractivity contribution in [1.82, 2.24) is 9.88 Å². The summed E-state index contributed by atoms with van der Waals surface area (Å²) in [5, 5.41) is 5.32. The second kappa shape index (κ2) is 12.0. The fourth-order valence-corrected chi connectivity index (χ4v) is 3.11. The maximum atomic E-state index is 6.03. The molecule has 0 atom stereocenters. The van der Waals surface area contributed by atoms with E-state index in [1.165, 1.54) is 11.8 Å². The van der Waals surface area contributed by atoms with E-state index in [-0.39, 0.29) is 17.1 Å². The normalized spacial score (nSPS) is 17.4. The van der Waals surface area contributed by atoms with Gasteiger partial charge in [-0.3, -0.25) is 4.98 Å². The van der Waals surface area contributed by atoms with Gasteiger partial charge in [0.2, 0.25) is 0 Å². The van der Waals surface area contributed by atoms with Crippen LogP contribution in [0.3, 0.4) is 0 Å². The second-order valence-corrected chi connectivity index (χ2v) is 7.09. The summed E-state index contributed by atoms with van der Waals surface area (Å²) in [4.78, 5) is 6.56. The van der Waals surface area contributed by atoms with Crippen LogP contribution in [-0.2, 0) is 17.1 Å². The predicted molar refractivity (Wildman–Crippen MR) is 115 cm³/mol. The van der Waals surface area contributed by atoms with Gasteiger partial charge in [-0.2, -0.15) is 0 Å². The van der Waals surface area contributed by atoms with Crippen molar-refractivity contribution in [2.45, 2.75) is 0 Å². The van der Waals surface area contributed by atoms with E-state index in [1.54, 1.807) is 0 Å². The molecule has 0 saturated heterocycles. The van der Waals surface area contributed by atoms with Crippen molar-refractivity contribution < 1.29 is 17.1 Å². The first-order valence-corrected chi connectivity index (χ1v) is 9.34. The fourth-order valence-electron chi connectivity index (χ4n) is 2.95. The van der Waals surface area contributed by atoms with Crippen molar-refractivity contribution in [3.8, 4) is 0 Å². The van der Waals surface area contributed by atoms with E-state index < -0.39 is 0 Å². The number of halogens is 1. The molecule has 0 bridgehead atoms. The van der Waals surface area contributed by atoms with Crippen LogP contribution in [0.4, 0.5) is 5.69 Å². The van der Waals surface area contributed by atoms with Crippen LogP contribution in [0.15, 0.2) is 30.5 Å². The molecule has 1 aromatic heterocycles. The SMILES string of the molecule is CN(C)C[C]1[CH][CH][CH][C]1CNc1[14cH]cnc2cc(Cl)ccc12.[CH]1[CH][CH][CH][CH]1.[Fe+2]. The summed E-state index contributed by atoms with van der Waals surface area (Å²) in [5.74, 6) is 2.69. The van der Waals surface area contributed by atoms with Crippen LogP contribution in [0.1, 0.15) is 0 Å². The quantitative estimate of drug-likeness (QED) is 0.693. The Labute approximate surface area is 186 Å². The van der Waals surface area contributed by atoms with Crippen molar-refractivity contribution in [3.63, 3.8) is 0 Å². The number of nitrogens with one attached hydrogen (secondary N) is 1. The van der Waals surface area contributed by atoms with Gasteiger partial charge in [0.15, 0.2) is 0 Å².